The SMILES string of the molecule is C=C(C)C(=O)OC12CC3CC(C1)C(=O)C(C3)C2.C=C(C)C(=O)OC12CC3CC(CC(O)(C3)C1)C2.C=C(C)C(=O)OC1C2CC(C1OC)C1C(=O)OCC21.C=C(C)C(=O)OC1C2CC3C(=O)OC1C3C2.C=C(C)C(=O)OCCO. The highest BCUT2D eigenvalue weighted by Crippen LogP contribution is 2.60. The molecule has 2 aliphatic heterocycles. The number of fused-ring (bicyclic) bond motifs is 6. The van der Waals surface area contributed by atoms with E-state index in [1.807, 2.05) is 0 Å². The Morgan fingerprint density at radius 2 is 1.12 bits per heavy atom. The summed E-state index contributed by atoms with van der Waals surface area (Å²) < 4.78 is 42.6. The number of hydrogen-bond donors (Lipinski definition) is 2. The lowest BCUT2D eigenvalue weighted by molar-refractivity contribution is -0.217. The normalized spacial score (nSPS) is 39.9. The van der Waals surface area contributed by atoms with E-state index in [9.17, 15) is 43.5 Å². The fraction of sp³-hybridized carbons (Fsp3) is 0.700. The molecule has 0 spiro atoms. The zero-order valence-corrected chi connectivity index (χ0v) is 46.2. The second-order valence-corrected chi connectivity index (χ2v) is 25.1. The van der Waals surface area contributed by atoms with Crippen molar-refractivity contribution < 1.29 is 86.5 Å². The van der Waals surface area contributed by atoms with Crippen molar-refractivity contribution in [1.82, 2.24) is 0 Å². The Labute approximate surface area is 457 Å². The van der Waals surface area contributed by atoms with Crippen LogP contribution < -0.4 is 0 Å². The molecule has 428 valence electrons. The smallest absolute Gasteiger partial charge is 0.333 e. The third-order valence-corrected chi connectivity index (χ3v) is 18.6. The Balaban J connectivity index is 0.000000131. The second kappa shape index (κ2) is 23.0. The third-order valence-electron chi connectivity index (χ3n) is 18.6. The summed E-state index contributed by atoms with van der Waals surface area (Å²) in [5.74, 6) is 1.37. The first kappa shape index (κ1) is 58.7. The van der Waals surface area contributed by atoms with Gasteiger partial charge in [0.15, 0.2) is 0 Å². The molecule has 12 saturated carbocycles. The summed E-state index contributed by atoms with van der Waals surface area (Å²) >= 11 is 0. The lowest BCUT2D eigenvalue weighted by Gasteiger charge is -2.59. The van der Waals surface area contributed by atoms with Crippen molar-refractivity contribution in [1.29, 1.82) is 0 Å². The number of methoxy groups -OCH3 is 1. The molecule has 0 radical (unpaired) electrons. The number of rotatable bonds is 12. The van der Waals surface area contributed by atoms with Crippen molar-refractivity contribution in [2.75, 3.05) is 26.9 Å². The number of carbonyl (C=O) groups is 8. The van der Waals surface area contributed by atoms with Crippen molar-refractivity contribution in [3.8, 4) is 0 Å². The van der Waals surface area contributed by atoms with Crippen LogP contribution in [-0.2, 0) is 76.3 Å². The first-order valence-corrected chi connectivity index (χ1v) is 27.8. The van der Waals surface area contributed by atoms with Crippen molar-refractivity contribution in [2.24, 2.45) is 71.0 Å². The largest absolute Gasteiger partial charge is 0.465 e. The minimum atomic E-state index is -0.570. The van der Waals surface area contributed by atoms with Gasteiger partial charge in [0, 0.05) is 82.8 Å². The van der Waals surface area contributed by atoms with Crippen molar-refractivity contribution in [3.05, 3.63) is 60.8 Å². The minimum Gasteiger partial charge on any atom is -0.465 e. The Bertz CT molecular complexity index is 2470. The zero-order valence-electron chi connectivity index (χ0n) is 46.2. The molecular formula is C60H80O18. The van der Waals surface area contributed by atoms with Crippen LogP contribution in [0.5, 0.6) is 0 Å². The maximum Gasteiger partial charge on any atom is 0.333 e. The molecule has 15 unspecified atom stereocenters. The number of ether oxygens (including phenoxy) is 8. The number of cyclic esters (lactones) is 1. The topological polar surface area (TPSA) is 251 Å². The molecule has 12 bridgehead atoms. The lowest BCUT2D eigenvalue weighted by Crippen LogP contribution is -2.60. The molecule has 2 N–H and O–H groups in total. The van der Waals surface area contributed by atoms with Gasteiger partial charge in [0.05, 0.1) is 36.8 Å². The van der Waals surface area contributed by atoms with Crippen LogP contribution in [0, 0.1) is 71.0 Å². The molecule has 18 nitrogen and oxygen atoms in total. The Kier molecular flexibility index (Phi) is 17.3. The fourth-order valence-electron chi connectivity index (χ4n) is 16.1. The van der Waals surface area contributed by atoms with E-state index in [2.05, 4.69) is 37.6 Å². The van der Waals surface area contributed by atoms with Gasteiger partial charge in [-0.1, -0.05) is 32.9 Å². The summed E-state index contributed by atoms with van der Waals surface area (Å²) in [5, 5.41) is 18.7. The molecule has 14 fully saturated rings. The van der Waals surface area contributed by atoms with E-state index in [1.165, 1.54) is 6.42 Å². The van der Waals surface area contributed by atoms with E-state index in [-0.39, 0.29) is 126 Å². The monoisotopic (exact) mass is 1090 g/mol. The maximum atomic E-state index is 12.0. The number of ketones is 1. The zero-order chi connectivity index (χ0) is 56.9. The van der Waals surface area contributed by atoms with E-state index in [0.29, 0.717) is 70.3 Å². The average molecular weight is 1090 g/mol. The van der Waals surface area contributed by atoms with Gasteiger partial charge in [0.1, 0.15) is 41.9 Å². The highest BCUT2D eigenvalue weighted by atomic mass is 16.6. The molecule has 0 amide bonds. The summed E-state index contributed by atoms with van der Waals surface area (Å²) in [7, 11) is 1.60. The van der Waals surface area contributed by atoms with Crippen LogP contribution in [0.1, 0.15) is 125 Å². The molecule has 2 saturated heterocycles. The van der Waals surface area contributed by atoms with Crippen LogP contribution in [0.2, 0.25) is 0 Å². The van der Waals surface area contributed by atoms with Gasteiger partial charge < -0.3 is 48.1 Å². The van der Waals surface area contributed by atoms with Crippen LogP contribution >= 0.6 is 0 Å². The predicted octanol–water partition coefficient (Wildman–Crippen LogP) is 6.52. The number of Topliss-reactive ketones (excluding diaryl/α,β-unsaturated/α-hetero) is 1. The van der Waals surface area contributed by atoms with Crippen LogP contribution in [0.15, 0.2) is 60.8 Å². The molecule has 14 rings (SSSR count). The molecule has 12 aliphatic carbocycles. The number of esters is 7. The van der Waals surface area contributed by atoms with Crippen LogP contribution in [-0.4, -0.2) is 126 Å². The Morgan fingerprint density at radius 1 is 0.577 bits per heavy atom. The fourth-order valence-corrected chi connectivity index (χ4v) is 16.1. The van der Waals surface area contributed by atoms with Crippen molar-refractivity contribution >= 4 is 47.6 Å². The quantitative estimate of drug-likeness (QED) is 0.120. The van der Waals surface area contributed by atoms with Crippen molar-refractivity contribution in [2.45, 2.75) is 166 Å². The van der Waals surface area contributed by atoms with Crippen LogP contribution in [0.25, 0.3) is 0 Å². The molecule has 0 aromatic carbocycles. The third kappa shape index (κ3) is 12.0. The molecule has 14 aliphatic rings. The van der Waals surface area contributed by atoms with Gasteiger partial charge in [-0.15, -0.1) is 0 Å². The van der Waals surface area contributed by atoms with E-state index in [1.54, 1.807) is 41.7 Å². The Morgan fingerprint density at radius 3 is 1.64 bits per heavy atom. The summed E-state index contributed by atoms with van der Waals surface area (Å²) in [4.78, 5) is 92.3. The predicted molar refractivity (Wildman–Crippen MR) is 278 cm³/mol. The molecular weight excluding hydrogens is 1010 g/mol. The number of hydrogen-bond acceptors (Lipinski definition) is 18. The standard InChI is InChI=1S/C14H18O5.C14H20O3.C14H18O3.C12H14O4.C6H10O3/c1-6(2)13(15)19-12-7-4-8(11(12)17-3)10-9(7)5-18-14(10)16;1-9(2)12(15)17-14-6-10-3-11(7-14)5-13(16,4-10)8-14;1-8(2)13(16)17-14-5-9-3-10(6-14)12(15)11(4-9)7-14;1-5(2)11(13)15-9-6-3-7-8(4-6)12(14)16-10(7)9;1-5(2)6(8)9-4-3-7/h7-12H,1,4-5H2,2-3H3;10-11,16H,1,3-8H2,2H3;9-11H,1,3-7H2,2H3;6-10H,1,3-4H2,2H3;7H,1,3-4H2,2H3. The highest BCUT2D eigenvalue weighted by Gasteiger charge is 2.66. The first-order chi connectivity index (χ1) is 36.7. The van der Waals surface area contributed by atoms with Gasteiger partial charge in [-0.2, -0.15) is 0 Å². The van der Waals surface area contributed by atoms with Gasteiger partial charge in [-0.05, 0) is 136 Å². The second-order valence-electron chi connectivity index (χ2n) is 25.1. The number of carbonyl (C=O) groups excluding carboxylic acids is 8. The molecule has 0 aromatic heterocycles. The van der Waals surface area contributed by atoms with Gasteiger partial charge >= 0.3 is 41.8 Å². The van der Waals surface area contributed by atoms with E-state index in [0.717, 1.165) is 77.0 Å². The van der Waals surface area contributed by atoms with Gasteiger partial charge in [0.25, 0.3) is 0 Å². The molecule has 2 heterocycles. The Hall–Kier alpha value is -5.46. The van der Waals surface area contributed by atoms with E-state index < -0.39 is 17.2 Å². The summed E-state index contributed by atoms with van der Waals surface area (Å²) in [6.45, 7) is 26.3. The molecule has 15 atom stereocenters. The summed E-state index contributed by atoms with van der Waals surface area (Å²) in [6.07, 6.45) is 11.7. The van der Waals surface area contributed by atoms with Crippen LogP contribution in [0.3, 0.4) is 0 Å². The maximum absolute atomic E-state index is 12.0. The van der Waals surface area contributed by atoms with Gasteiger partial charge in [-0.25, -0.2) is 24.0 Å². The molecule has 78 heavy (non-hydrogen) atoms. The molecule has 0 aromatic rings. The summed E-state index contributed by atoms with van der Waals surface area (Å²) in [6, 6.07) is 0. The lowest BCUT2D eigenvalue weighted by atomic mass is 9.52. The highest BCUT2D eigenvalue weighted by molar-refractivity contribution is 5.90. The van der Waals surface area contributed by atoms with Gasteiger partial charge in [0.2, 0.25) is 0 Å². The van der Waals surface area contributed by atoms with Crippen molar-refractivity contribution in [3.63, 3.8) is 0 Å². The summed E-state index contributed by atoms with van der Waals surface area (Å²) in [5.41, 5.74) is 0.717. The average Bonchev–Trinajstić information content (AvgIpc) is 4.35. The first-order valence-electron chi connectivity index (χ1n) is 27.8. The van der Waals surface area contributed by atoms with E-state index in [4.69, 9.17) is 38.3 Å². The minimum absolute atomic E-state index is 0.0473. The number of aliphatic hydroxyl groups excluding tert-OH is 1. The van der Waals surface area contributed by atoms with E-state index >= 15 is 0 Å². The van der Waals surface area contributed by atoms with Gasteiger partial charge in [-0.3, -0.25) is 14.4 Å². The van der Waals surface area contributed by atoms with Crippen LogP contribution in [0.4, 0.5) is 0 Å². The number of aliphatic hydroxyl groups is 2. The molecule has 18 heteroatoms.